The SMILES string of the molecule is CCC(CO)(CCCSC1CCCCC1)NC(C)C. The van der Waals surface area contributed by atoms with E-state index in [0.29, 0.717) is 6.04 Å². The molecule has 0 aromatic carbocycles. The molecule has 0 heterocycles. The van der Waals surface area contributed by atoms with E-state index in [4.69, 9.17) is 0 Å². The van der Waals surface area contributed by atoms with Crippen molar-refractivity contribution in [2.75, 3.05) is 12.4 Å². The van der Waals surface area contributed by atoms with E-state index in [2.05, 4.69) is 37.8 Å². The van der Waals surface area contributed by atoms with E-state index >= 15 is 0 Å². The minimum Gasteiger partial charge on any atom is -0.394 e. The molecular formula is C16H33NOS. The number of thioether (sulfide) groups is 1. The van der Waals surface area contributed by atoms with E-state index in [1.54, 1.807) is 0 Å². The molecule has 0 spiro atoms. The zero-order valence-corrected chi connectivity index (χ0v) is 13.9. The molecule has 0 aromatic heterocycles. The topological polar surface area (TPSA) is 32.3 Å². The molecule has 19 heavy (non-hydrogen) atoms. The fourth-order valence-corrected chi connectivity index (χ4v) is 4.40. The summed E-state index contributed by atoms with van der Waals surface area (Å²) in [5.41, 5.74) is -0.0543. The molecule has 0 aromatic rings. The van der Waals surface area contributed by atoms with Crippen LogP contribution < -0.4 is 5.32 Å². The van der Waals surface area contributed by atoms with Gasteiger partial charge in [-0.25, -0.2) is 0 Å². The number of nitrogens with one attached hydrogen (secondary N) is 1. The van der Waals surface area contributed by atoms with Crippen LogP contribution in [0.3, 0.4) is 0 Å². The van der Waals surface area contributed by atoms with Crippen LogP contribution in [0.2, 0.25) is 0 Å². The van der Waals surface area contributed by atoms with Crippen molar-refractivity contribution >= 4 is 11.8 Å². The molecule has 114 valence electrons. The largest absolute Gasteiger partial charge is 0.394 e. The van der Waals surface area contributed by atoms with Crippen molar-refractivity contribution < 1.29 is 5.11 Å². The molecule has 1 rings (SSSR count). The van der Waals surface area contributed by atoms with Crippen LogP contribution >= 0.6 is 11.8 Å². The fourth-order valence-electron chi connectivity index (χ4n) is 3.09. The van der Waals surface area contributed by atoms with Gasteiger partial charge in [0, 0.05) is 16.8 Å². The number of rotatable bonds is 9. The van der Waals surface area contributed by atoms with E-state index < -0.39 is 0 Å². The van der Waals surface area contributed by atoms with Crippen molar-refractivity contribution in [2.45, 2.75) is 89.0 Å². The first kappa shape index (κ1) is 17.3. The third-order valence-corrected chi connectivity index (χ3v) is 5.75. The van der Waals surface area contributed by atoms with E-state index in [0.717, 1.165) is 18.1 Å². The van der Waals surface area contributed by atoms with Crippen molar-refractivity contribution in [2.24, 2.45) is 0 Å². The van der Waals surface area contributed by atoms with Gasteiger partial charge in [-0.2, -0.15) is 11.8 Å². The van der Waals surface area contributed by atoms with Crippen LogP contribution in [0.25, 0.3) is 0 Å². The summed E-state index contributed by atoms with van der Waals surface area (Å²) in [7, 11) is 0. The van der Waals surface area contributed by atoms with Gasteiger partial charge in [-0.3, -0.25) is 0 Å². The van der Waals surface area contributed by atoms with E-state index in [1.807, 2.05) is 0 Å². The Morgan fingerprint density at radius 2 is 1.95 bits per heavy atom. The zero-order valence-electron chi connectivity index (χ0n) is 13.1. The van der Waals surface area contributed by atoms with Crippen LogP contribution in [-0.4, -0.2) is 34.3 Å². The predicted octanol–water partition coefficient (Wildman–Crippen LogP) is 3.97. The first-order valence-electron chi connectivity index (χ1n) is 8.12. The lowest BCUT2D eigenvalue weighted by Crippen LogP contribution is -2.51. The van der Waals surface area contributed by atoms with E-state index in [1.165, 1.54) is 44.3 Å². The molecule has 0 saturated heterocycles. The van der Waals surface area contributed by atoms with Crippen molar-refractivity contribution in [3.05, 3.63) is 0 Å². The lowest BCUT2D eigenvalue weighted by molar-refractivity contribution is 0.137. The van der Waals surface area contributed by atoms with Gasteiger partial charge in [-0.1, -0.05) is 40.0 Å². The summed E-state index contributed by atoms with van der Waals surface area (Å²) in [6.07, 6.45) is 10.5. The highest BCUT2D eigenvalue weighted by Gasteiger charge is 2.27. The van der Waals surface area contributed by atoms with Crippen LogP contribution in [0.5, 0.6) is 0 Å². The summed E-state index contributed by atoms with van der Waals surface area (Å²) in [4.78, 5) is 0. The molecule has 1 aliphatic carbocycles. The Labute approximate surface area is 124 Å². The zero-order chi connectivity index (χ0) is 14.1. The number of hydrogen-bond acceptors (Lipinski definition) is 3. The molecule has 0 bridgehead atoms. The highest BCUT2D eigenvalue weighted by Crippen LogP contribution is 2.29. The van der Waals surface area contributed by atoms with Crippen LogP contribution in [0.4, 0.5) is 0 Å². The van der Waals surface area contributed by atoms with Gasteiger partial charge in [-0.05, 0) is 37.9 Å². The molecule has 2 nitrogen and oxygen atoms in total. The van der Waals surface area contributed by atoms with Crippen LogP contribution in [0.1, 0.15) is 72.1 Å². The quantitative estimate of drug-likeness (QED) is 0.629. The van der Waals surface area contributed by atoms with Gasteiger partial charge < -0.3 is 10.4 Å². The molecule has 0 aliphatic heterocycles. The summed E-state index contributed by atoms with van der Waals surface area (Å²) in [6, 6.07) is 0.443. The summed E-state index contributed by atoms with van der Waals surface area (Å²) in [5, 5.41) is 14.2. The maximum atomic E-state index is 9.70. The Balaban J connectivity index is 2.23. The fraction of sp³-hybridized carbons (Fsp3) is 1.00. The van der Waals surface area contributed by atoms with Crippen molar-refractivity contribution in [1.29, 1.82) is 0 Å². The number of aliphatic hydroxyl groups is 1. The molecule has 1 aliphatic rings. The summed E-state index contributed by atoms with van der Waals surface area (Å²) in [6.45, 7) is 6.77. The highest BCUT2D eigenvalue weighted by atomic mass is 32.2. The first-order chi connectivity index (χ1) is 9.12. The summed E-state index contributed by atoms with van der Waals surface area (Å²) < 4.78 is 0. The Morgan fingerprint density at radius 1 is 1.26 bits per heavy atom. The van der Waals surface area contributed by atoms with Crippen molar-refractivity contribution in [3.8, 4) is 0 Å². The maximum Gasteiger partial charge on any atom is 0.0613 e. The highest BCUT2D eigenvalue weighted by molar-refractivity contribution is 7.99. The maximum absolute atomic E-state index is 9.70. The van der Waals surface area contributed by atoms with Gasteiger partial charge in [0.15, 0.2) is 0 Å². The number of hydrogen-bond donors (Lipinski definition) is 2. The summed E-state index contributed by atoms with van der Waals surface area (Å²) in [5.74, 6) is 1.26. The third-order valence-electron chi connectivity index (χ3n) is 4.28. The Kier molecular flexibility index (Phi) is 8.43. The van der Waals surface area contributed by atoms with E-state index in [-0.39, 0.29) is 12.1 Å². The van der Waals surface area contributed by atoms with Gasteiger partial charge >= 0.3 is 0 Å². The van der Waals surface area contributed by atoms with Crippen LogP contribution in [0.15, 0.2) is 0 Å². The Hall–Kier alpha value is 0.270. The first-order valence-corrected chi connectivity index (χ1v) is 9.17. The van der Waals surface area contributed by atoms with Crippen LogP contribution in [0, 0.1) is 0 Å². The molecule has 0 amide bonds. The van der Waals surface area contributed by atoms with Gasteiger partial charge in [0.05, 0.1) is 6.61 Å². The standard InChI is InChI=1S/C16H33NOS/c1-4-16(13-18,17-14(2)3)11-8-12-19-15-9-6-5-7-10-15/h14-15,17-18H,4-13H2,1-3H3. The van der Waals surface area contributed by atoms with Gasteiger partial charge in [0.2, 0.25) is 0 Å². The van der Waals surface area contributed by atoms with Crippen molar-refractivity contribution in [1.82, 2.24) is 5.32 Å². The summed E-state index contributed by atoms with van der Waals surface area (Å²) >= 11 is 2.17. The smallest absolute Gasteiger partial charge is 0.0613 e. The average molecular weight is 288 g/mol. The molecule has 1 unspecified atom stereocenters. The lowest BCUT2D eigenvalue weighted by atomic mass is 9.91. The van der Waals surface area contributed by atoms with Gasteiger partial charge in [0.25, 0.3) is 0 Å². The molecule has 1 saturated carbocycles. The predicted molar refractivity (Wildman–Crippen MR) is 86.9 cm³/mol. The molecule has 1 atom stereocenters. The molecule has 0 radical (unpaired) electrons. The lowest BCUT2D eigenvalue weighted by Gasteiger charge is -2.34. The number of aliphatic hydroxyl groups excluding tert-OH is 1. The Morgan fingerprint density at radius 3 is 2.47 bits per heavy atom. The van der Waals surface area contributed by atoms with E-state index in [9.17, 15) is 5.11 Å². The van der Waals surface area contributed by atoms with Crippen LogP contribution in [-0.2, 0) is 0 Å². The molecule has 2 N–H and O–H groups in total. The Bertz CT molecular complexity index is 223. The molecular weight excluding hydrogens is 254 g/mol. The molecule has 3 heteroatoms. The van der Waals surface area contributed by atoms with Gasteiger partial charge in [-0.15, -0.1) is 0 Å². The second-order valence-corrected chi connectivity index (χ2v) is 7.73. The van der Waals surface area contributed by atoms with Gasteiger partial charge in [0.1, 0.15) is 0 Å². The normalized spacial score (nSPS) is 20.7. The average Bonchev–Trinajstić information content (AvgIpc) is 2.43. The molecule has 1 fully saturated rings. The minimum atomic E-state index is -0.0543. The monoisotopic (exact) mass is 287 g/mol. The third kappa shape index (κ3) is 6.50. The second-order valence-electron chi connectivity index (χ2n) is 6.33. The van der Waals surface area contributed by atoms with Crippen molar-refractivity contribution in [3.63, 3.8) is 0 Å². The minimum absolute atomic E-state index is 0.0543. The second kappa shape index (κ2) is 9.25.